The van der Waals surface area contributed by atoms with Crippen LogP contribution in [0.5, 0.6) is 0 Å². The highest BCUT2D eigenvalue weighted by molar-refractivity contribution is 5.94. The van der Waals surface area contributed by atoms with Gasteiger partial charge in [-0.1, -0.05) is 6.07 Å². The van der Waals surface area contributed by atoms with Crippen LogP contribution in [-0.2, 0) is 0 Å². The Kier molecular flexibility index (Phi) is 3.34. The molecular formula is C13H17N3O2. The molecule has 18 heavy (non-hydrogen) atoms. The largest absolute Gasteiger partial charge is 0.395 e. The number of hydrogen-bond donors (Lipinski definition) is 1. The zero-order valence-electron chi connectivity index (χ0n) is 10.8. The van der Waals surface area contributed by atoms with Gasteiger partial charge in [0, 0.05) is 19.8 Å². The van der Waals surface area contributed by atoms with Crippen LogP contribution in [0.1, 0.15) is 21.7 Å². The molecule has 0 unspecified atom stereocenters. The average molecular weight is 247 g/mol. The summed E-state index contributed by atoms with van der Waals surface area (Å²) in [6.45, 7) is 4.07. The van der Waals surface area contributed by atoms with E-state index in [0.29, 0.717) is 17.9 Å². The molecule has 1 N–H and O–H groups in total. The molecule has 96 valence electrons. The predicted octanol–water partition coefficient (Wildman–Crippen LogP) is 1.02. The van der Waals surface area contributed by atoms with Gasteiger partial charge >= 0.3 is 0 Å². The summed E-state index contributed by atoms with van der Waals surface area (Å²) in [6, 6.07) is 3.86. The first kappa shape index (κ1) is 12.6. The Hall–Kier alpha value is -1.88. The van der Waals surface area contributed by atoms with Crippen molar-refractivity contribution in [3.05, 3.63) is 35.3 Å². The second kappa shape index (κ2) is 4.78. The molecule has 5 heteroatoms. The van der Waals surface area contributed by atoms with E-state index in [1.54, 1.807) is 11.4 Å². The van der Waals surface area contributed by atoms with Crippen molar-refractivity contribution in [2.75, 3.05) is 20.2 Å². The molecule has 0 spiro atoms. The summed E-state index contributed by atoms with van der Waals surface area (Å²) in [5, 5.41) is 8.89. The second-order valence-electron chi connectivity index (χ2n) is 4.43. The molecule has 0 aliphatic heterocycles. The van der Waals surface area contributed by atoms with Gasteiger partial charge < -0.3 is 10.0 Å². The molecule has 0 aromatic carbocycles. The van der Waals surface area contributed by atoms with Crippen LogP contribution >= 0.6 is 0 Å². The van der Waals surface area contributed by atoms with Crippen molar-refractivity contribution in [1.82, 2.24) is 14.3 Å². The van der Waals surface area contributed by atoms with Gasteiger partial charge in [0.15, 0.2) is 0 Å². The monoisotopic (exact) mass is 247 g/mol. The van der Waals surface area contributed by atoms with Crippen molar-refractivity contribution in [3.8, 4) is 0 Å². The predicted molar refractivity (Wildman–Crippen MR) is 68.7 cm³/mol. The molecule has 0 atom stereocenters. The number of imidazole rings is 1. The standard InChI is InChI=1S/C13H17N3O2/c1-9-4-5-11-14-10(2)12(16(11)8-9)13(18)15(3)6-7-17/h4-5,8,17H,6-7H2,1-3H3. The molecule has 0 fully saturated rings. The number of aliphatic hydroxyl groups is 1. The molecule has 0 radical (unpaired) electrons. The van der Waals surface area contributed by atoms with Crippen molar-refractivity contribution < 1.29 is 9.90 Å². The van der Waals surface area contributed by atoms with Crippen LogP contribution in [0.3, 0.4) is 0 Å². The first-order valence-electron chi connectivity index (χ1n) is 5.86. The summed E-state index contributed by atoms with van der Waals surface area (Å²) in [5.74, 6) is -0.125. The van der Waals surface area contributed by atoms with Gasteiger partial charge in [-0.2, -0.15) is 0 Å². The van der Waals surface area contributed by atoms with E-state index in [0.717, 1.165) is 11.2 Å². The fourth-order valence-electron chi connectivity index (χ4n) is 1.96. The van der Waals surface area contributed by atoms with Crippen molar-refractivity contribution in [1.29, 1.82) is 0 Å². The van der Waals surface area contributed by atoms with E-state index in [2.05, 4.69) is 4.98 Å². The number of amides is 1. The minimum absolute atomic E-state index is 0.0446. The van der Waals surface area contributed by atoms with Gasteiger partial charge in [0.2, 0.25) is 0 Å². The number of aryl methyl sites for hydroxylation is 2. The summed E-state index contributed by atoms with van der Waals surface area (Å²) in [4.78, 5) is 18.2. The summed E-state index contributed by atoms with van der Waals surface area (Å²) in [5.41, 5.74) is 3.10. The Labute approximate surface area is 106 Å². The molecule has 2 rings (SSSR count). The van der Waals surface area contributed by atoms with Crippen molar-refractivity contribution in [2.24, 2.45) is 0 Å². The summed E-state index contributed by atoms with van der Waals surface area (Å²) >= 11 is 0. The van der Waals surface area contributed by atoms with Gasteiger partial charge in [-0.25, -0.2) is 4.98 Å². The van der Waals surface area contributed by atoms with Crippen molar-refractivity contribution in [3.63, 3.8) is 0 Å². The summed E-state index contributed by atoms with van der Waals surface area (Å²) in [6.07, 6.45) is 1.90. The fraction of sp³-hybridized carbons (Fsp3) is 0.385. The molecule has 0 aliphatic carbocycles. The maximum absolute atomic E-state index is 12.3. The van der Waals surface area contributed by atoms with E-state index >= 15 is 0 Å². The molecule has 5 nitrogen and oxygen atoms in total. The first-order valence-corrected chi connectivity index (χ1v) is 5.86. The number of hydrogen-bond acceptors (Lipinski definition) is 3. The third-order valence-electron chi connectivity index (χ3n) is 2.93. The van der Waals surface area contributed by atoms with Crippen LogP contribution in [0, 0.1) is 13.8 Å². The fourth-order valence-corrected chi connectivity index (χ4v) is 1.96. The van der Waals surface area contributed by atoms with Crippen LogP contribution in [0.15, 0.2) is 18.3 Å². The number of rotatable bonds is 3. The highest BCUT2D eigenvalue weighted by atomic mass is 16.3. The quantitative estimate of drug-likeness (QED) is 0.880. The minimum Gasteiger partial charge on any atom is -0.395 e. The van der Waals surface area contributed by atoms with Crippen LogP contribution < -0.4 is 0 Å². The highest BCUT2D eigenvalue weighted by Gasteiger charge is 2.19. The lowest BCUT2D eigenvalue weighted by atomic mass is 10.3. The van der Waals surface area contributed by atoms with E-state index in [9.17, 15) is 4.79 Å². The Morgan fingerprint density at radius 2 is 2.17 bits per heavy atom. The number of likely N-dealkylation sites (N-methyl/N-ethyl adjacent to an activating group) is 1. The first-order chi connectivity index (χ1) is 8.54. The lowest BCUT2D eigenvalue weighted by molar-refractivity contribution is 0.0759. The summed E-state index contributed by atoms with van der Waals surface area (Å²) < 4.78 is 1.81. The molecule has 2 aromatic rings. The SMILES string of the molecule is Cc1ccc2nc(C)c(C(=O)N(C)CCO)n2c1. The second-order valence-corrected chi connectivity index (χ2v) is 4.43. The number of carbonyl (C=O) groups excluding carboxylic acids is 1. The molecule has 1 amide bonds. The lowest BCUT2D eigenvalue weighted by Crippen LogP contribution is -2.30. The molecular weight excluding hydrogens is 230 g/mol. The maximum Gasteiger partial charge on any atom is 0.272 e. The average Bonchev–Trinajstić information content (AvgIpc) is 2.64. The van der Waals surface area contributed by atoms with Gasteiger partial charge in [-0.15, -0.1) is 0 Å². The molecule has 0 aliphatic rings. The number of aliphatic hydroxyl groups excluding tert-OH is 1. The van der Waals surface area contributed by atoms with Gasteiger partial charge in [-0.3, -0.25) is 9.20 Å². The summed E-state index contributed by atoms with van der Waals surface area (Å²) in [7, 11) is 1.67. The van der Waals surface area contributed by atoms with E-state index in [1.807, 2.05) is 32.2 Å². The minimum atomic E-state index is -0.125. The number of aromatic nitrogens is 2. The molecule has 0 bridgehead atoms. The van der Waals surface area contributed by atoms with Gasteiger partial charge in [-0.05, 0) is 25.5 Å². The van der Waals surface area contributed by atoms with E-state index < -0.39 is 0 Å². The molecule has 2 aromatic heterocycles. The lowest BCUT2D eigenvalue weighted by Gasteiger charge is -2.15. The third kappa shape index (κ3) is 2.09. The van der Waals surface area contributed by atoms with E-state index in [-0.39, 0.29) is 12.5 Å². The van der Waals surface area contributed by atoms with E-state index in [1.165, 1.54) is 4.90 Å². The molecule has 0 saturated heterocycles. The Balaban J connectivity index is 2.52. The zero-order chi connectivity index (χ0) is 13.3. The van der Waals surface area contributed by atoms with Crippen LogP contribution in [0.4, 0.5) is 0 Å². The topological polar surface area (TPSA) is 57.8 Å². The number of pyridine rings is 1. The van der Waals surface area contributed by atoms with Gasteiger partial charge in [0.25, 0.3) is 5.91 Å². The Morgan fingerprint density at radius 1 is 1.44 bits per heavy atom. The Bertz CT molecular complexity index is 589. The highest BCUT2D eigenvalue weighted by Crippen LogP contribution is 2.15. The van der Waals surface area contributed by atoms with Gasteiger partial charge in [0.1, 0.15) is 11.3 Å². The van der Waals surface area contributed by atoms with Crippen molar-refractivity contribution >= 4 is 11.6 Å². The van der Waals surface area contributed by atoms with E-state index in [4.69, 9.17) is 5.11 Å². The molecule has 2 heterocycles. The smallest absolute Gasteiger partial charge is 0.272 e. The van der Waals surface area contributed by atoms with Crippen LogP contribution in [0.2, 0.25) is 0 Å². The number of nitrogens with zero attached hydrogens (tertiary/aromatic N) is 3. The van der Waals surface area contributed by atoms with Gasteiger partial charge in [0.05, 0.1) is 12.3 Å². The third-order valence-corrected chi connectivity index (χ3v) is 2.93. The molecule has 0 saturated carbocycles. The maximum atomic E-state index is 12.3. The van der Waals surface area contributed by atoms with Crippen LogP contribution in [-0.4, -0.2) is 45.5 Å². The Morgan fingerprint density at radius 3 is 2.83 bits per heavy atom. The van der Waals surface area contributed by atoms with Crippen molar-refractivity contribution in [2.45, 2.75) is 13.8 Å². The van der Waals surface area contributed by atoms with Crippen LogP contribution in [0.25, 0.3) is 5.65 Å². The number of carbonyl (C=O) groups is 1. The number of fused-ring (bicyclic) bond motifs is 1. The zero-order valence-corrected chi connectivity index (χ0v) is 10.8. The normalized spacial score (nSPS) is 10.9.